The lowest BCUT2D eigenvalue weighted by atomic mass is 9.70. The fourth-order valence-electron chi connectivity index (χ4n) is 3.92. The smallest absolute Gasteiger partial charge is 0.00384 e. The first-order valence-electron chi connectivity index (χ1n) is 6.41. The fourth-order valence-corrected chi connectivity index (χ4v) is 3.92. The summed E-state index contributed by atoms with van der Waals surface area (Å²) in [5.74, 6) is 0.791. The third kappa shape index (κ3) is 1.34. The van der Waals surface area contributed by atoms with Gasteiger partial charge in [-0.05, 0) is 41.7 Å². The Morgan fingerprint density at radius 1 is 1.07 bits per heavy atom. The molecule has 1 fully saturated rings. The second-order valence-electron chi connectivity index (χ2n) is 5.53. The van der Waals surface area contributed by atoms with Gasteiger partial charge < -0.3 is 0 Å². The van der Waals surface area contributed by atoms with Gasteiger partial charge in [0.1, 0.15) is 0 Å². The zero-order valence-electron chi connectivity index (χ0n) is 9.63. The summed E-state index contributed by atoms with van der Waals surface area (Å²) in [5, 5.41) is 0. The van der Waals surface area contributed by atoms with Crippen molar-refractivity contribution in [2.24, 2.45) is 0 Å². The Bertz CT molecular complexity index is 358. The van der Waals surface area contributed by atoms with E-state index >= 15 is 0 Å². The van der Waals surface area contributed by atoms with Crippen LogP contribution in [0.1, 0.15) is 62.5 Å². The first-order chi connectivity index (χ1) is 7.32. The van der Waals surface area contributed by atoms with Crippen molar-refractivity contribution in [3.63, 3.8) is 0 Å². The summed E-state index contributed by atoms with van der Waals surface area (Å²) in [4.78, 5) is 0. The summed E-state index contributed by atoms with van der Waals surface area (Å²) < 4.78 is 0. The summed E-state index contributed by atoms with van der Waals surface area (Å²) in [5.41, 5.74) is 3.91. The van der Waals surface area contributed by atoms with E-state index < -0.39 is 0 Å². The molecule has 0 nitrogen and oxygen atoms in total. The Kier molecular flexibility index (Phi) is 2.12. The standard InChI is InChI=1S/C15H20/c1-12-11-15(9-5-2-6-10-15)14-8-4-3-7-13(12)14/h3-4,7-8,12H,2,5-6,9-11H2,1H3/t12-/m0/s1. The van der Waals surface area contributed by atoms with Crippen molar-refractivity contribution in [2.45, 2.75) is 56.8 Å². The van der Waals surface area contributed by atoms with E-state index in [9.17, 15) is 0 Å². The second-order valence-corrected chi connectivity index (χ2v) is 5.53. The van der Waals surface area contributed by atoms with Crippen molar-refractivity contribution in [1.82, 2.24) is 0 Å². The maximum absolute atomic E-state index is 2.40. The molecule has 0 aliphatic heterocycles. The van der Waals surface area contributed by atoms with Crippen molar-refractivity contribution in [3.05, 3.63) is 35.4 Å². The SMILES string of the molecule is C[C@H]1CC2(CCCCC2)c2ccccc21. The van der Waals surface area contributed by atoms with Gasteiger partial charge in [-0.2, -0.15) is 0 Å². The van der Waals surface area contributed by atoms with E-state index in [1.54, 1.807) is 11.1 Å². The number of rotatable bonds is 0. The minimum Gasteiger partial charge on any atom is -0.0620 e. The lowest BCUT2D eigenvalue weighted by Gasteiger charge is -2.34. The van der Waals surface area contributed by atoms with Crippen LogP contribution in [-0.2, 0) is 5.41 Å². The minimum absolute atomic E-state index is 0.578. The molecule has 1 aromatic rings. The van der Waals surface area contributed by atoms with Crippen LogP contribution in [-0.4, -0.2) is 0 Å². The molecule has 1 aromatic carbocycles. The Hall–Kier alpha value is -0.780. The van der Waals surface area contributed by atoms with Crippen molar-refractivity contribution in [3.8, 4) is 0 Å². The van der Waals surface area contributed by atoms with Crippen molar-refractivity contribution >= 4 is 0 Å². The van der Waals surface area contributed by atoms with E-state index in [4.69, 9.17) is 0 Å². The van der Waals surface area contributed by atoms with Crippen molar-refractivity contribution in [1.29, 1.82) is 0 Å². The van der Waals surface area contributed by atoms with Crippen LogP contribution in [0, 0.1) is 0 Å². The molecule has 0 radical (unpaired) electrons. The number of benzene rings is 1. The van der Waals surface area contributed by atoms with E-state index in [0.717, 1.165) is 5.92 Å². The molecule has 0 unspecified atom stereocenters. The summed E-state index contributed by atoms with van der Waals surface area (Å²) in [6.07, 6.45) is 8.63. The van der Waals surface area contributed by atoms with Crippen molar-refractivity contribution in [2.75, 3.05) is 0 Å². The van der Waals surface area contributed by atoms with E-state index in [-0.39, 0.29) is 0 Å². The highest BCUT2D eigenvalue weighted by Gasteiger charge is 2.42. The third-order valence-electron chi connectivity index (χ3n) is 4.57. The quantitative estimate of drug-likeness (QED) is 0.582. The van der Waals surface area contributed by atoms with Gasteiger partial charge in [0.15, 0.2) is 0 Å². The zero-order chi connectivity index (χ0) is 10.3. The lowest BCUT2D eigenvalue weighted by molar-refractivity contribution is 0.282. The number of fused-ring (bicyclic) bond motifs is 2. The number of hydrogen-bond acceptors (Lipinski definition) is 0. The Morgan fingerprint density at radius 2 is 1.80 bits per heavy atom. The zero-order valence-corrected chi connectivity index (χ0v) is 9.63. The molecule has 0 saturated heterocycles. The van der Waals surface area contributed by atoms with Crippen LogP contribution in [0.3, 0.4) is 0 Å². The van der Waals surface area contributed by atoms with Crippen LogP contribution in [0.15, 0.2) is 24.3 Å². The van der Waals surface area contributed by atoms with Gasteiger partial charge in [-0.15, -0.1) is 0 Å². The maximum Gasteiger partial charge on any atom is -0.00384 e. The molecular formula is C15H20. The average Bonchev–Trinajstić information content (AvgIpc) is 2.55. The van der Waals surface area contributed by atoms with Gasteiger partial charge in [0.25, 0.3) is 0 Å². The van der Waals surface area contributed by atoms with Crippen LogP contribution >= 0.6 is 0 Å². The molecule has 0 heteroatoms. The highest BCUT2D eigenvalue weighted by Crippen LogP contribution is 2.53. The minimum atomic E-state index is 0.578. The van der Waals surface area contributed by atoms with Crippen LogP contribution in [0.2, 0.25) is 0 Å². The molecule has 3 rings (SSSR count). The van der Waals surface area contributed by atoms with Gasteiger partial charge in [-0.1, -0.05) is 50.5 Å². The molecule has 0 heterocycles. The second kappa shape index (κ2) is 3.37. The van der Waals surface area contributed by atoms with Crippen LogP contribution in [0.25, 0.3) is 0 Å². The Labute approximate surface area is 92.7 Å². The average molecular weight is 200 g/mol. The molecule has 2 aliphatic carbocycles. The maximum atomic E-state index is 2.40. The molecule has 1 atom stereocenters. The molecule has 80 valence electrons. The molecule has 0 amide bonds. The van der Waals surface area contributed by atoms with Crippen LogP contribution < -0.4 is 0 Å². The largest absolute Gasteiger partial charge is 0.0620 e. The lowest BCUT2D eigenvalue weighted by Crippen LogP contribution is -2.26. The molecule has 15 heavy (non-hydrogen) atoms. The van der Waals surface area contributed by atoms with E-state index in [0.29, 0.717) is 5.41 Å². The summed E-state index contributed by atoms with van der Waals surface area (Å²) in [6.45, 7) is 2.40. The summed E-state index contributed by atoms with van der Waals surface area (Å²) >= 11 is 0. The van der Waals surface area contributed by atoms with E-state index in [1.807, 2.05) is 0 Å². The van der Waals surface area contributed by atoms with E-state index in [2.05, 4.69) is 31.2 Å². The highest BCUT2D eigenvalue weighted by molar-refractivity contribution is 5.42. The topological polar surface area (TPSA) is 0 Å². The molecule has 0 N–H and O–H groups in total. The first-order valence-corrected chi connectivity index (χ1v) is 6.41. The first kappa shape index (κ1) is 9.45. The van der Waals surface area contributed by atoms with E-state index in [1.165, 1.54) is 38.5 Å². The fraction of sp³-hybridized carbons (Fsp3) is 0.600. The highest BCUT2D eigenvalue weighted by atomic mass is 14.5. The predicted octanol–water partition coefficient (Wildman–Crippen LogP) is 4.40. The monoisotopic (exact) mass is 200 g/mol. The van der Waals surface area contributed by atoms with Gasteiger partial charge >= 0.3 is 0 Å². The Balaban J connectivity index is 2.06. The number of hydrogen-bond donors (Lipinski definition) is 0. The predicted molar refractivity (Wildman–Crippen MR) is 64.2 cm³/mol. The molecule has 1 spiro atoms. The van der Waals surface area contributed by atoms with Crippen LogP contribution in [0.4, 0.5) is 0 Å². The van der Waals surface area contributed by atoms with Gasteiger partial charge in [0.05, 0.1) is 0 Å². The summed E-state index contributed by atoms with van der Waals surface area (Å²) in [7, 11) is 0. The van der Waals surface area contributed by atoms with Gasteiger partial charge in [-0.3, -0.25) is 0 Å². The molecule has 2 aliphatic rings. The molecule has 1 saturated carbocycles. The Morgan fingerprint density at radius 3 is 2.60 bits per heavy atom. The normalized spacial score (nSPS) is 27.9. The van der Waals surface area contributed by atoms with Crippen LogP contribution in [0.5, 0.6) is 0 Å². The van der Waals surface area contributed by atoms with Crippen molar-refractivity contribution < 1.29 is 0 Å². The molecule has 0 aromatic heterocycles. The van der Waals surface area contributed by atoms with Gasteiger partial charge in [0, 0.05) is 0 Å². The summed E-state index contributed by atoms with van der Waals surface area (Å²) in [6, 6.07) is 9.18. The molecular weight excluding hydrogens is 180 g/mol. The molecule has 0 bridgehead atoms. The third-order valence-corrected chi connectivity index (χ3v) is 4.57. The van der Waals surface area contributed by atoms with Gasteiger partial charge in [0.2, 0.25) is 0 Å². The van der Waals surface area contributed by atoms with Gasteiger partial charge in [-0.25, -0.2) is 0 Å².